The number of aliphatic hydroxyl groups excluding tert-OH is 1. The number of benzene rings is 1. The van der Waals surface area contributed by atoms with Crippen molar-refractivity contribution in [3.63, 3.8) is 0 Å². The lowest BCUT2D eigenvalue weighted by molar-refractivity contribution is -0.137. The Morgan fingerprint density at radius 2 is 2.12 bits per heavy atom. The summed E-state index contributed by atoms with van der Waals surface area (Å²) in [4.78, 5) is 17.6. The van der Waals surface area contributed by atoms with E-state index in [0.29, 0.717) is 23.4 Å². The number of fused-ring (bicyclic) bond motifs is 2. The highest BCUT2D eigenvalue weighted by molar-refractivity contribution is 6.32. The van der Waals surface area contributed by atoms with Crippen LogP contribution in [0.15, 0.2) is 29.3 Å². The summed E-state index contributed by atoms with van der Waals surface area (Å²) in [6.45, 7) is 3.76. The molecule has 0 spiro atoms. The number of halogens is 1. The summed E-state index contributed by atoms with van der Waals surface area (Å²) in [5.41, 5.74) is 5.80. The van der Waals surface area contributed by atoms with Gasteiger partial charge < -0.3 is 15.6 Å². The number of rotatable bonds is 4. The predicted octanol–water partition coefficient (Wildman–Crippen LogP) is 2.43. The van der Waals surface area contributed by atoms with Gasteiger partial charge in [-0.2, -0.15) is 0 Å². The van der Waals surface area contributed by atoms with Gasteiger partial charge in [-0.3, -0.25) is 4.79 Å². The number of hydrogen-bond acceptors (Lipinski definition) is 5. The molecule has 24 heavy (non-hydrogen) atoms. The molecule has 1 aromatic rings. The van der Waals surface area contributed by atoms with E-state index in [2.05, 4.69) is 4.99 Å². The fourth-order valence-electron chi connectivity index (χ4n) is 3.49. The molecule has 1 aliphatic carbocycles. The second kappa shape index (κ2) is 6.47. The van der Waals surface area contributed by atoms with E-state index >= 15 is 0 Å². The second-order valence-corrected chi connectivity index (χ2v) is 7.32. The Kier molecular flexibility index (Phi) is 4.69. The monoisotopic (exact) mass is 350 g/mol. The first-order chi connectivity index (χ1) is 11.4. The molecule has 130 valence electrons. The van der Waals surface area contributed by atoms with Crippen LogP contribution >= 0.6 is 11.6 Å². The van der Waals surface area contributed by atoms with Crippen LogP contribution in [0.3, 0.4) is 0 Å². The minimum atomic E-state index is -1.05. The van der Waals surface area contributed by atoms with E-state index in [1.54, 1.807) is 6.07 Å². The Bertz CT molecular complexity index is 676. The van der Waals surface area contributed by atoms with E-state index in [-0.39, 0.29) is 17.6 Å². The Hall–Kier alpha value is -1.43. The quantitative estimate of drug-likeness (QED) is 0.873. The molecular weight excluding hydrogens is 328 g/mol. The fourth-order valence-corrected chi connectivity index (χ4v) is 3.78. The standard InChI is InChI=1S/C18H23ClN2O3/c1-10(2)15(22)14(20)17-21-18(11-6-3-4-7-12(11)19)9-5-8-13(24-17)16(18)23/h3-4,6-7,10,13-15,22H,5,8-9,20H2,1-2H3/t13-,14?,15?,18?/m1/s1. The average Bonchev–Trinajstić information content (AvgIpc) is 2.54. The lowest BCUT2D eigenvalue weighted by atomic mass is 9.73. The van der Waals surface area contributed by atoms with Gasteiger partial charge in [0, 0.05) is 10.6 Å². The maximum absolute atomic E-state index is 13.0. The third kappa shape index (κ3) is 2.75. The van der Waals surface area contributed by atoms with Gasteiger partial charge in [-0.1, -0.05) is 43.6 Å². The van der Waals surface area contributed by atoms with Crippen molar-refractivity contribution in [1.29, 1.82) is 0 Å². The molecular formula is C18H23ClN2O3. The largest absolute Gasteiger partial charge is 0.468 e. The predicted molar refractivity (Wildman–Crippen MR) is 93.1 cm³/mol. The molecule has 0 radical (unpaired) electrons. The number of nitrogens with zero attached hydrogens (tertiary/aromatic N) is 1. The van der Waals surface area contributed by atoms with Crippen molar-refractivity contribution >= 4 is 23.3 Å². The lowest BCUT2D eigenvalue weighted by Crippen LogP contribution is -2.56. The molecule has 3 unspecified atom stereocenters. The number of carbonyl (C=O) groups excluding carboxylic acids is 1. The van der Waals surface area contributed by atoms with Gasteiger partial charge >= 0.3 is 0 Å². The van der Waals surface area contributed by atoms with Crippen LogP contribution in [0.2, 0.25) is 5.02 Å². The number of ether oxygens (including phenoxy) is 1. The Balaban J connectivity index is 2.09. The molecule has 1 fully saturated rings. The minimum Gasteiger partial charge on any atom is -0.468 e. The number of aliphatic imine (C=N–C) groups is 1. The Morgan fingerprint density at radius 1 is 1.42 bits per heavy atom. The van der Waals surface area contributed by atoms with E-state index in [4.69, 9.17) is 22.1 Å². The zero-order valence-corrected chi connectivity index (χ0v) is 14.7. The second-order valence-electron chi connectivity index (χ2n) is 6.91. The van der Waals surface area contributed by atoms with Crippen molar-refractivity contribution in [1.82, 2.24) is 0 Å². The van der Waals surface area contributed by atoms with Gasteiger partial charge in [0.05, 0.1) is 6.10 Å². The molecule has 4 atom stereocenters. The highest BCUT2D eigenvalue weighted by Gasteiger charge is 2.52. The molecule has 1 aliphatic heterocycles. The summed E-state index contributed by atoms with van der Waals surface area (Å²) in [6.07, 6.45) is 0.659. The summed E-state index contributed by atoms with van der Waals surface area (Å²) in [7, 11) is 0. The van der Waals surface area contributed by atoms with Crippen molar-refractivity contribution in [3.05, 3.63) is 34.9 Å². The number of nitrogens with two attached hydrogens (primary N) is 1. The van der Waals surface area contributed by atoms with Gasteiger partial charge in [0.2, 0.25) is 11.7 Å². The number of hydrogen-bond donors (Lipinski definition) is 2. The molecule has 2 bridgehead atoms. The molecule has 0 saturated heterocycles. The lowest BCUT2D eigenvalue weighted by Gasteiger charge is -2.42. The van der Waals surface area contributed by atoms with Crippen LogP contribution in [0.5, 0.6) is 0 Å². The summed E-state index contributed by atoms with van der Waals surface area (Å²) in [6, 6.07) is 6.50. The molecule has 3 rings (SSSR count). The van der Waals surface area contributed by atoms with Crippen molar-refractivity contribution in [3.8, 4) is 0 Å². The molecule has 5 nitrogen and oxygen atoms in total. The van der Waals surface area contributed by atoms with E-state index < -0.39 is 23.8 Å². The van der Waals surface area contributed by atoms with Gasteiger partial charge in [-0.25, -0.2) is 4.99 Å². The van der Waals surface area contributed by atoms with E-state index in [1.807, 2.05) is 32.0 Å². The number of carbonyl (C=O) groups is 1. The van der Waals surface area contributed by atoms with Crippen LogP contribution in [0.1, 0.15) is 38.7 Å². The van der Waals surface area contributed by atoms with Gasteiger partial charge in [0.1, 0.15) is 6.04 Å². The normalized spacial score (nSPS) is 29.0. The van der Waals surface area contributed by atoms with Crippen LogP contribution in [0.25, 0.3) is 0 Å². The summed E-state index contributed by atoms with van der Waals surface area (Å²) >= 11 is 6.36. The number of ketones is 1. The van der Waals surface area contributed by atoms with Crippen molar-refractivity contribution in [2.45, 2.75) is 56.9 Å². The molecule has 2 aliphatic rings. The SMILES string of the molecule is CC(C)C(O)C(N)C1=NC2(c3ccccc3Cl)CCC[C@@H](O1)C2=O. The zero-order chi connectivity index (χ0) is 17.5. The van der Waals surface area contributed by atoms with E-state index in [9.17, 15) is 9.90 Å². The summed E-state index contributed by atoms with van der Waals surface area (Å²) in [5, 5.41) is 10.8. The first-order valence-corrected chi connectivity index (χ1v) is 8.74. The van der Waals surface area contributed by atoms with Crippen LogP contribution in [0, 0.1) is 5.92 Å². The Labute approximate surface area is 146 Å². The summed E-state index contributed by atoms with van der Waals surface area (Å²) < 4.78 is 5.76. The molecule has 1 heterocycles. The van der Waals surface area contributed by atoms with Crippen LogP contribution < -0.4 is 5.73 Å². The van der Waals surface area contributed by atoms with Gasteiger partial charge in [-0.05, 0) is 31.2 Å². The van der Waals surface area contributed by atoms with E-state index in [0.717, 1.165) is 6.42 Å². The van der Waals surface area contributed by atoms with E-state index in [1.165, 1.54) is 0 Å². The molecule has 1 aromatic carbocycles. The van der Waals surface area contributed by atoms with Gasteiger partial charge in [0.15, 0.2) is 11.6 Å². The van der Waals surface area contributed by atoms with Gasteiger partial charge in [0.25, 0.3) is 0 Å². The van der Waals surface area contributed by atoms with Crippen molar-refractivity contribution in [2.75, 3.05) is 0 Å². The molecule has 0 aromatic heterocycles. The third-order valence-corrected chi connectivity index (χ3v) is 5.25. The van der Waals surface area contributed by atoms with Crippen LogP contribution in [-0.2, 0) is 15.1 Å². The smallest absolute Gasteiger partial charge is 0.205 e. The maximum Gasteiger partial charge on any atom is 0.205 e. The Morgan fingerprint density at radius 3 is 2.79 bits per heavy atom. The van der Waals surface area contributed by atoms with Crippen molar-refractivity contribution < 1.29 is 14.6 Å². The maximum atomic E-state index is 13.0. The fraction of sp³-hybridized carbons (Fsp3) is 0.556. The average molecular weight is 351 g/mol. The molecule has 3 N–H and O–H groups in total. The summed E-state index contributed by atoms with van der Waals surface area (Å²) in [5.74, 6) is 0.136. The minimum absolute atomic E-state index is 0.0416. The molecule has 1 saturated carbocycles. The van der Waals surface area contributed by atoms with Crippen molar-refractivity contribution in [2.24, 2.45) is 16.6 Å². The van der Waals surface area contributed by atoms with Gasteiger partial charge in [-0.15, -0.1) is 0 Å². The first-order valence-electron chi connectivity index (χ1n) is 8.36. The third-order valence-electron chi connectivity index (χ3n) is 4.92. The molecule has 6 heteroatoms. The molecule has 0 amide bonds. The first kappa shape index (κ1) is 17.4. The topological polar surface area (TPSA) is 84.9 Å². The number of aliphatic hydroxyl groups is 1. The highest BCUT2D eigenvalue weighted by Crippen LogP contribution is 2.44. The van der Waals surface area contributed by atoms with Crippen LogP contribution in [0.4, 0.5) is 0 Å². The van der Waals surface area contributed by atoms with Crippen LogP contribution in [-0.4, -0.2) is 35.0 Å². The zero-order valence-electron chi connectivity index (χ0n) is 13.9. The highest BCUT2D eigenvalue weighted by atomic mass is 35.5. The number of Topliss-reactive ketones (excluding diaryl/α,β-unsaturated/α-hetero) is 1.